The molecule has 2 atom stereocenters. The maximum Gasteiger partial charge on any atom is 0.314 e. The van der Waals surface area contributed by atoms with Gasteiger partial charge in [-0.2, -0.15) is 0 Å². The Morgan fingerprint density at radius 2 is 1.36 bits per heavy atom. The molecule has 5 heteroatoms. The molecule has 1 aliphatic rings. The molecular weight excluding hydrogens is 428 g/mol. The van der Waals surface area contributed by atoms with Crippen molar-refractivity contribution in [2.24, 2.45) is 5.92 Å². The summed E-state index contributed by atoms with van der Waals surface area (Å²) in [5.74, 6) is -0.693. The minimum absolute atomic E-state index is 0.170. The lowest BCUT2D eigenvalue weighted by molar-refractivity contribution is -0.143. The molecule has 0 spiro atoms. The zero-order valence-corrected chi connectivity index (χ0v) is 20.6. The van der Waals surface area contributed by atoms with Crippen LogP contribution in [0.2, 0.25) is 5.04 Å². The van der Waals surface area contributed by atoms with Crippen LogP contribution in [0.4, 0.5) is 0 Å². The molecule has 1 fully saturated rings. The van der Waals surface area contributed by atoms with E-state index in [-0.39, 0.29) is 30.3 Å². The average Bonchev–Trinajstić information content (AvgIpc) is 3.17. The van der Waals surface area contributed by atoms with E-state index in [1.165, 1.54) is 10.4 Å². The summed E-state index contributed by atoms with van der Waals surface area (Å²) in [4.78, 5) is 12.7. The number of carbonyl (C=O) groups excluding carboxylic acids is 1. The first-order chi connectivity index (χ1) is 15.9. The van der Waals surface area contributed by atoms with Crippen LogP contribution in [0, 0.1) is 5.92 Å². The van der Waals surface area contributed by atoms with Crippen LogP contribution in [-0.4, -0.2) is 33.6 Å². The van der Waals surface area contributed by atoms with Crippen LogP contribution in [-0.2, 0) is 25.3 Å². The van der Waals surface area contributed by atoms with Gasteiger partial charge in [0.2, 0.25) is 0 Å². The minimum atomic E-state index is -2.78. The predicted octanol–water partition coefficient (Wildman–Crippen LogP) is 4.32. The van der Waals surface area contributed by atoms with E-state index in [0.717, 1.165) is 5.56 Å². The minimum Gasteiger partial charge on any atom is -0.463 e. The van der Waals surface area contributed by atoms with Crippen LogP contribution >= 0.6 is 0 Å². The first-order valence-corrected chi connectivity index (χ1v) is 13.4. The molecule has 0 radical (unpaired) electrons. The molecule has 172 valence electrons. The Kier molecular flexibility index (Phi) is 7.13. The second-order valence-corrected chi connectivity index (χ2v) is 13.8. The van der Waals surface area contributed by atoms with Crippen LogP contribution in [0.15, 0.2) is 91.0 Å². The van der Waals surface area contributed by atoms with Gasteiger partial charge in [-0.05, 0) is 21.0 Å². The van der Waals surface area contributed by atoms with Crippen molar-refractivity contribution in [1.82, 2.24) is 0 Å². The smallest absolute Gasteiger partial charge is 0.314 e. The van der Waals surface area contributed by atoms with Crippen molar-refractivity contribution >= 4 is 24.7 Å². The summed E-state index contributed by atoms with van der Waals surface area (Å²) < 4.78 is 18.6. The number of cyclic esters (lactones) is 1. The Morgan fingerprint density at radius 3 is 1.88 bits per heavy atom. The Hall–Kier alpha value is -2.73. The first-order valence-electron chi connectivity index (χ1n) is 11.5. The molecule has 0 bridgehead atoms. The highest BCUT2D eigenvalue weighted by Crippen LogP contribution is 2.39. The van der Waals surface area contributed by atoms with Crippen molar-refractivity contribution in [1.29, 1.82) is 0 Å². The molecule has 4 rings (SSSR count). The van der Waals surface area contributed by atoms with Crippen molar-refractivity contribution in [2.75, 3.05) is 13.2 Å². The number of benzene rings is 3. The molecule has 0 N–H and O–H groups in total. The fourth-order valence-corrected chi connectivity index (χ4v) is 9.33. The lowest BCUT2D eigenvalue weighted by atomic mass is 10.1. The second kappa shape index (κ2) is 10.0. The van der Waals surface area contributed by atoms with Gasteiger partial charge in [-0.15, -0.1) is 0 Å². The Morgan fingerprint density at radius 1 is 0.848 bits per heavy atom. The molecule has 1 aliphatic heterocycles. The van der Waals surface area contributed by atoms with Gasteiger partial charge in [-0.25, -0.2) is 0 Å². The Balaban J connectivity index is 1.64. The summed E-state index contributed by atoms with van der Waals surface area (Å²) in [6.45, 7) is 7.68. The van der Waals surface area contributed by atoms with Gasteiger partial charge in [0.15, 0.2) is 0 Å². The second-order valence-electron chi connectivity index (χ2n) is 9.56. The number of hydrogen-bond donors (Lipinski definition) is 0. The molecule has 33 heavy (non-hydrogen) atoms. The zero-order valence-electron chi connectivity index (χ0n) is 19.6. The molecule has 0 saturated carbocycles. The van der Waals surface area contributed by atoms with Crippen LogP contribution in [0.25, 0.3) is 0 Å². The van der Waals surface area contributed by atoms with Gasteiger partial charge in [0, 0.05) is 0 Å². The summed E-state index contributed by atoms with van der Waals surface area (Å²) in [6, 6.07) is 30.9. The molecule has 4 nitrogen and oxygen atoms in total. The highest BCUT2D eigenvalue weighted by Gasteiger charge is 2.54. The number of ether oxygens (including phenoxy) is 2. The number of hydrogen-bond acceptors (Lipinski definition) is 4. The summed E-state index contributed by atoms with van der Waals surface area (Å²) in [5.41, 5.74) is 1.08. The molecule has 1 heterocycles. The summed E-state index contributed by atoms with van der Waals surface area (Å²) in [7, 11) is -2.78. The molecule has 3 aromatic rings. The van der Waals surface area contributed by atoms with Crippen LogP contribution in [0.3, 0.4) is 0 Å². The van der Waals surface area contributed by atoms with Gasteiger partial charge in [0.05, 0.1) is 19.3 Å². The van der Waals surface area contributed by atoms with Crippen LogP contribution in [0.5, 0.6) is 0 Å². The summed E-state index contributed by atoms with van der Waals surface area (Å²) >= 11 is 0. The fraction of sp³-hybridized carbons (Fsp3) is 0.321. The molecule has 1 saturated heterocycles. The van der Waals surface area contributed by atoms with E-state index < -0.39 is 14.2 Å². The van der Waals surface area contributed by atoms with E-state index in [0.29, 0.717) is 6.61 Å². The topological polar surface area (TPSA) is 44.8 Å². The highest BCUT2D eigenvalue weighted by atomic mass is 28.4. The third kappa shape index (κ3) is 4.96. The van der Waals surface area contributed by atoms with E-state index in [2.05, 4.69) is 69.3 Å². The third-order valence-corrected chi connectivity index (χ3v) is 11.4. The van der Waals surface area contributed by atoms with Gasteiger partial charge in [-0.1, -0.05) is 112 Å². The maximum absolute atomic E-state index is 12.7. The highest BCUT2D eigenvalue weighted by molar-refractivity contribution is 6.99. The lowest BCUT2D eigenvalue weighted by Crippen LogP contribution is -2.68. The summed E-state index contributed by atoms with van der Waals surface area (Å²) in [5, 5.41) is 2.20. The van der Waals surface area contributed by atoms with Gasteiger partial charge < -0.3 is 13.9 Å². The van der Waals surface area contributed by atoms with Crippen molar-refractivity contribution in [2.45, 2.75) is 38.5 Å². The van der Waals surface area contributed by atoms with E-state index in [1.54, 1.807) is 0 Å². The third-order valence-electron chi connectivity index (χ3n) is 6.30. The fourth-order valence-electron chi connectivity index (χ4n) is 4.63. The van der Waals surface area contributed by atoms with E-state index in [9.17, 15) is 4.79 Å². The summed E-state index contributed by atoms with van der Waals surface area (Å²) in [6.07, 6.45) is -0.362. The first kappa shape index (κ1) is 23.4. The average molecular weight is 461 g/mol. The van der Waals surface area contributed by atoms with Gasteiger partial charge in [-0.3, -0.25) is 4.79 Å². The molecule has 0 aromatic heterocycles. The van der Waals surface area contributed by atoms with Crippen LogP contribution < -0.4 is 10.4 Å². The number of rotatable bonds is 8. The standard InChI is InChI=1S/C28H32O4Si/c1-28(2,3)33(23-15-9-5-10-16-23,24-17-11-6-12-18-24)32-26-21-31-27(29)25(26)20-30-19-22-13-7-4-8-14-22/h4-18,25-26H,19-21H2,1-3H3. The Bertz CT molecular complexity index is 992. The number of esters is 1. The normalized spacial score (nSPS) is 18.8. The van der Waals surface area contributed by atoms with Crippen molar-refractivity contribution in [3.8, 4) is 0 Å². The maximum atomic E-state index is 12.7. The van der Waals surface area contributed by atoms with Crippen molar-refractivity contribution < 1.29 is 18.7 Å². The zero-order chi connectivity index (χ0) is 23.3. The van der Waals surface area contributed by atoms with Crippen molar-refractivity contribution in [3.63, 3.8) is 0 Å². The molecule has 3 aromatic carbocycles. The van der Waals surface area contributed by atoms with Gasteiger partial charge in [0.1, 0.15) is 12.5 Å². The van der Waals surface area contributed by atoms with Crippen LogP contribution in [0.1, 0.15) is 26.3 Å². The predicted molar refractivity (Wildman–Crippen MR) is 133 cm³/mol. The molecule has 2 unspecified atom stereocenters. The monoisotopic (exact) mass is 460 g/mol. The quantitative estimate of drug-likeness (QED) is 0.371. The number of carbonyl (C=O) groups is 1. The van der Waals surface area contributed by atoms with Gasteiger partial charge >= 0.3 is 5.97 Å². The van der Waals surface area contributed by atoms with Crippen molar-refractivity contribution in [3.05, 3.63) is 96.6 Å². The van der Waals surface area contributed by atoms with E-state index >= 15 is 0 Å². The van der Waals surface area contributed by atoms with Gasteiger partial charge in [0.25, 0.3) is 8.32 Å². The molecular formula is C28H32O4Si. The lowest BCUT2D eigenvalue weighted by Gasteiger charge is -2.44. The SMILES string of the molecule is CC(C)(C)[Si](OC1COC(=O)C1COCc1ccccc1)(c1ccccc1)c1ccccc1. The van der Waals surface area contributed by atoms with E-state index in [4.69, 9.17) is 13.9 Å². The van der Waals surface area contributed by atoms with E-state index in [1.807, 2.05) is 42.5 Å². The molecule has 0 amide bonds. The Labute approximate surface area is 197 Å². The largest absolute Gasteiger partial charge is 0.463 e. The molecule has 0 aliphatic carbocycles.